The Hall–Kier alpha value is -1.03. The maximum atomic E-state index is 6.23. The molecule has 0 unspecified atom stereocenters. The first kappa shape index (κ1) is 13.9. The van der Waals surface area contributed by atoms with Crippen molar-refractivity contribution in [3.05, 3.63) is 57.3 Å². The minimum Gasteiger partial charge on any atom is -0.295 e. The monoisotopic (exact) mass is 368 g/mol. The van der Waals surface area contributed by atoms with Gasteiger partial charge in [0.1, 0.15) is 11.3 Å². The van der Waals surface area contributed by atoms with Crippen LogP contribution in [0.4, 0.5) is 0 Å². The highest BCUT2D eigenvalue weighted by atomic mass is 79.9. The molecule has 3 aromatic rings. The number of aromatic nitrogens is 2. The van der Waals surface area contributed by atoms with Gasteiger partial charge in [0.05, 0.1) is 22.1 Å². The predicted octanol–water partition coefficient (Wildman–Crippen LogP) is 5.49. The molecular formula is C15H11BrCl2N2. The van der Waals surface area contributed by atoms with E-state index in [0.717, 1.165) is 32.6 Å². The summed E-state index contributed by atoms with van der Waals surface area (Å²) in [6, 6.07) is 11.9. The molecule has 0 radical (unpaired) electrons. The van der Waals surface area contributed by atoms with E-state index in [0.29, 0.717) is 10.9 Å². The number of fused-ring (bicyclic) bond motifs is 1. The lowest BCUT2D eigenvalue weighted by atomic mass is 10.2. The molecule has 0 atom stereocenters. The van der Waals surface area contributed by atoms with Gasteiger partial charge in [0.2, 0.25) is 0 Å². The van der Waals surface area contributed by atoms with Crippen molar-refractivity contribution >= 4 is 50.2 Å². The molecule has 0 aliphatic heterocycles. The SMILES string of the molecule is Cc1cc(Br)ccc1-n1c(CCl)nc2c(Cl)cccc21. The lowest BCUT2D eigenvalue weighted by Crippen LogP contribution is -2.01. The van der Waals surface area contributed by atoms with Crippen LogP contribution in [0, 0.1) is 6.92 Å². The lowest BCUT2D eigenvalue weighted by Gasteiger charge is -2.11. The molecule has 0 spiro atoms. The largest absolute Gasteiger partial charge is 0.295 e. The number of hydrogen-bond acceptors (Lipinski definition) is 1. The van der Waals surface area contributed by atoms with Crippen LogP contribution in [0.1, 0.15) is 11.4 Å². The molecule has 5 heteroatoms. The number of aryl methyl sites for hydroxylation is 1. The van der Waals surface area contributed by atoms with Crippen molar-refractivity contribution in [3.8, 4) is 5.69 Å². The van der Waals surface area contributed by atoms with E-state index in [9.17, 15) is 0 Å². The van der Waals surface area contributed by atoms with E-state index in [4.69, 9.17) is 23.2 Å². The highest BCUT2D eigenvalue weighted by Crippen LogP contribution is 2.29. The highest BCUT2D eigenvalue weighted by molar-refractivity contribution is 9.10. The Morgan fingerprint density at radius 3 is 2.75 bits per heavy atom. The van der Waals surface area contributed by atoms with Gasteiger partial charge in [0, 0.05) is 4.47 Å². The van der Waals surface area contributed by atoms with Crippen LogP contribution in [-0.2, 0) is 5.88 Å². The van der Waals surface area contributed by atoms with Gasteiger partial charge in [-0.15, -0.1) is 11.6 Å². The van der Waals surface area contributed by atoms with Crippen LogP contribution < -0.4 is 0 Å². The zero-order valence-corrected chi connectivity index (χ0v) is 13.8. The Kier molecular flexibility index (Phi) is 3.76. The fourth-order valence-corrected chi connectivity index (χ4v) is 3.21. The van der Waals surface area contributed by atoms with Crippen molar-refractivity contribution in [2.45, 2.75) is 12.8 Å². The molecule has 2 nitrogen and oxygen atoms in total. The topological polar surface area (TPSA) is 17.8 Å². The second kappa shape index (κ2) is 5.40. The number of rotatable bonds is 2. The Morgan fingerprint density at radius 1 is 1.25 bits per heavy atom. The van der Waals surface area contributed by atoms with E-state index in [2.05, 4.69) is 44.5 Å². The summed E-state index contributed by atoms with van der Waals surface area (Å²) in [5.74, 6) is 1.13. The lowest BCUT2D eigenvalue weighted by molar-refractivity contribution is 0.972. The third-order valence-corrected chi connectivity index (χ3v) is 4.26. The van der Waals surface area contributed by atoms with Gasteiger partial charge >= 0.3 is 0 Å². The Morgan fingerprint density at radius 2 is 2.05 bits per heavy atom. The molecule has 0 N–H and O–H groups in total. The molecule has 0 amide bonds. The predicted molar refractivity (Wildman–Crippen MR) is 88.1 cm³/mol. The van der Waals surface area contributed by atoms with Gasteiger partial charge in [0.15, 0.2) is 0 Å². The average molecular weight is 370 g/mol. The van der Waals surface area contributed by atoms with Crippen LogP contribution in [-0.4, -0.2) is 9.55 Å². The number of alkyl halides is 1. The molecule has 3 rings (SSSR count). The maximum Gasteiger partial charge on any atom is 0.129 e. The summed E-state index contributed by atoms with van der Waals surface area (Å²) in [6.07, 6.45) is 0. The molecule has 102 valence electrons. The molecule has 0 bridgehead atoms. The van der Waals surface area contributed by atoms with Crippen molar-refractivity contribution in [2.75, 3.05) is 0 Å². The molecule has 0 aliphatic rings. The van der Waals surface area contributed by atoms with Crippen LogP contribution in [0.2, 0.25) is 5.02 Å². The third-order valence-electron chi connectivity index (χ3n) is 3.22. The Labute approximate surface area is 135 Å². The van der Waals surface area contributed by atoms with Gasteiger partial charge in [-0.25, -0.2) is 4.98 Å². The summed E-state index contributed by atoms with van der Waals surface area (Å²) in [7, 11) is 0. The first-order chi connectivity index (χ1) is 9.61. The third kappa shape index (κ3) is 2.24. The standard InChI is InChI=1S/C15H11BrCl2N2/c1-9-7-10(16)5-6-12(9)20-13-4-2-3-11(18)15(13)19-14(20)8-17/h2-7H,8H2,1H3. The van der Waals surface area contributed by atoms with E-state index >= 15 is 0 Å². The van der Waals surface area contributed by atoms with Crippen LogP contribution >= 0.6 is 39.1 Å². The first-order valence-corrected chi connectivity index (χ1v) is 7.80. The van der Waals surface area contributed by atoms with Crippen LogP contribution in [0.3, 0.4) is 0 Å². The molecule has 1 heterocycles. The summed E-state index contributed by atoms with van der Waals surface area (Å²) in [5, 5.41) is 0.641. The number of imidazole rings is 1. The molecule has 2 aromatic carbocycles. The quantitative estimate of drug-likeness (QED) is 0.546. The summed E-state index contributed by atoms with van der Waals surface area (Å²) < 4.78 is 3.12. The molecule has 0 aliphatic carbocycles. The summed E-state index contributed by atoms with van der Waals surface area (Å²) in [5.41, 5.74) is 3.96. The molecule has 1 aromatic heterocycles. The number of benzene rings is 2. The van der Waals surface area contributed by atoms with E-state index in [1.807, 2.05) is 24.3 Å². The Bertz CT molecular complexity index is 796. The average Bonchev–Trinajstić information content (AvgIpc) is 2.79. The van der Waals surface area contributed by atoms with Crippen molar-refractivity contribution in [2.24, 2.45) is 0 Å². The van der Waals surface area contributed by atoms with Gasteiger partial charge in [-0.3, -0.25) is 4.57 Å². The van der Waals surface area contributed by atoms with E-state index < -0.39 is 0 Å². The smallest absolute Gasteiger partial charge is 0.129 e. The number of hydrogen-bond donors (Lipinski definition) is 0. The Balaban J connectivity index is 2.37. The van der Waals surface area contributed by atoms with Gasteiger partial charge in [-0.05, 0) is 42.8 Å². The minimum absolute atomic E-state index is 0.334. The van der Waals surface area contributed by atoms with Crippen molar-refractivity contribution in [3.63, 3.8) is 0 Å². The van der Waals surface area contributed by atoms with Crippen molar-refractivity contribution < 1.29 is 0 Å². The first-order valence-electron chi connectivity index (χ1n) is 6.10. The number of nitrogens with zero attached hydrogens (tertiary/aromatic N) is 2. The molecular weight excluding hydrogens is 359 g/mol. The van der Waals surface area contributed by atoms with Crippen LogP contribution in [0.5, 0.6) is 0 Å². The molecule has 20 heavy (non-hydrogen) atoms. The maximum absolute atomic E-state index is 6.23. The van der Waals surface area contributed by atoms with E-state index in [1.54, 1.807) is 0 Å². The van der Waals surface area contributed by atoms with Crippen molar-refractivity contribution in [1.82, 2.24) is 9.55 Å². The zero-order chi connectivity index (χ0) is 14.3. The summed E-state index contributed by atoms with van der Waals surface area (Å²) in [4.78, 5) is 4.56. The second-order valence-corrected chi connectivity index (χ2v) is 6.13. The van der Waals surface area contributed by atoms with Crippen molar-refractivity contribution in [1.29, 1.82) is 0 Å². The van der Waals surface area contributed by atoms with Crippen LogP contribution in [0.15, 0.2) is 40.9 Å². The van der Waals surface area contributed by atoms with E-state index in [-0.39, 0.29) is 0 Å². The molecule has 0 saturated heterocycles. The fraction of sp³-hybridized carbons (Fsp3) is 0.133. The van der Waals surface area contributed by atoms with Gasteiger partial charge in [0.25, 0.3) is 0 Å². The number of para-hydroxylation sites is 1. The molecule has 0 fully saturated rings. The second-order valence-electron chi connectivity index (χ2n) is 4.54. The van der Waals surface area contributed by atoms with E-state index in [1.165, 1.54) is 0 Å². The molecule has 0 saturated carbocycles. The number of halogens is 3. The highest BCUT2D eigenvalue weighted by Gasteiger charge is 2.15. The summed E-state index contributed by atoms with van der Waals surface area (Å²) in [6.45, 7) is 2.06. The van der Waals surface area contributed by atoms with Gasteiger partial charge in [-0.2, -0.15) is 0 Å². The minimum atomic E-state index is 0.334. The normalized spacial score (nSPS) is 11.2. The zero-order valence-electron chi connectivity index (χ0n) is 10.7. The summed E-state index contributed by atoms with van der Waals surface area (Å²) >= 11 is 15.8. The van der Waals surface area contributed by atoms with Gasteiger partial charge < -0.3 is 0 Å². The van der Waals surface area contributed by atoms with Crippen LogP contribution in [0.25, 0.3) is 16.7 Å². The fourth-order valence-electron chi connectivity index (χ4n) is 2.34. The van der Waals surface area contributed by atoms with Gasteiger partial charge in [-0.1, -0.05) is 33.6 Å².